The molecule has 204 valence electrons. The van der Waals surface area contributed by atoms with Gasteiger partial charge in [0.2, 0.25) is 5.91 Å². The molecule has 2 aromatic heterocycles. The Labute approximate surface area is 230 Å². The third-order valence-corrected chi connectivity index (χ3v) is 9.16. The molecule has 8 nitrogen and oxygen atoms in total. The highest BCUT2D eigenvalue weighted by molar-refractivity contribution is 5.83. The average molecular weight is 527 g/mol. The van der Waals surface area contributed by atoms with Gasteiger partial charge < -0.3 is 19.4 Å². The molecule has 8 heteroatoms. The number of rotatable bonds is 6. The van der Waals surface area contributed by atoms with E-state index in [9.17, 15) is 4.79 Å². The van der Waals surface area contributed by atoms with Crippen LogP contribution in [0.25, 0.3) is 16.6 Å². The fraction of sp³-hybridized carbons (Fsp3) is 0.516. The predicted molar refractivity (Wildman–Crippen MR) is 151 cm³/mol. The van der Waals surface area contributed by atoms with Crippen molar-refractivity contribution in [2.75, 3.05) is 51.3 Å². The number of hydrogen-bond acceptors (Lipinski definition) is 6. The van der Waals surface area contributed by atoms with Crippen LogP contribution >= 0.6 is 0 Å². The number of piperidine rings is 1. The number of fused-ring (bicyclic) bond motifs is 1. The number of anilines is 1. The van der Waals surface area contributed by atoms with Gasteiger partial charge >= 0.3 is 0 Å². The van der Waals surface area contributed by atoms with Gasteiger partial charge in [-0.3, -0.25) is 4.79 Å². The van der Waals surface area contributed by atoms with Crippen LogP contribution in [0.2, 0.25) is 0 Å². The first kappa shape index (κ1) is 25.8. The summed E-state index contributed by atoms with van der Waals surface area (Å²) in [5, 5.41) is 13.7. The molecule has 2 saturated heterocycles. The summed E-state index contributed by atoms with van der Waals surface area (Å²) in [5.41, 5.74) is 5.53. The number of likely N-dealkylation sites (tertiary alicyclic amines) is 1. The zero-order valence-corrected chi connectivity index (χ0v) is 23.2. The van der Waals surface area contributed by atoms with Crippen LogP contribution in [-0.2, 0) is 15.1 Å². The van der Waals surface area contributed by atoms with Crippen LogP contribution in [0.1, 0.15) is 38.7 Å². The second kappa shape index (κ2) is 10.3. The molecule has 0 N–H and O–H groups in total. The van der Waals surface area contributed by atoms with E-state index in [2.05, 4.69) is 77.4 Å². The van der Waals surface area contributed by atoms with Crippen molar-refractivity contribution in [1.82, 2.24) is 19.4 Å². The van der Waals surface area contributed by atoms with E-state index in [1.165, 1.54) is 5.56 Å². The lowest BCUT2D eigenvalue weighted by Crippen LogP contribution is -2.49. The highest BCUT2D eigenvalue weighted by Crippen LogP contribution is 2.40. The van der Waals surface area contributed by atoms with E-state index < -0.39 is 0 Å². The van der Waals surface area contributed by atoms with Gasteiger partial charge in [0.1, 0.15) is 0 Å². The van der Waals surface area contributed by atoms with Crippen LogP contribution in [0.5, 0.6) is 0 Å². The molecular weight excluding hydrogens is 488 g/mol. The fourth-order valence-electron chi connectivity index (χ4n) is 6.42. The second-order valence-corrected chi connectivity index (χ2v) is 11.6. The zero-order valence-electron chi connectivity index (χ0n) is 23.2. The van der Waals surface area contributed by atoms with Crippen LogP contribution in [0.15, 0.2) is 48.8 Å². The van der Waals surface area contributed by atoms with E-state index in [0.29, 0.717) is 19.1 Å². The third kappa shape index (κ3) is 4.79. The standard InChI is InChI=1S/C31H38N6O2/c1-22(2)34-12-9-31(39-3,10-13-34)26-6-4-23(5-7-26)25-19-29-28(8-11-33-37(29)21-25)35-14-16-36(17-15-35)30(38)27-18-24(27)20-32/h4-8,11,19,21-22,24,27H,9-10,12-18H2,1-3H3/t24-,27?/m1/s1. The van der Waals surface area contributed by atoms with E-state index in [1.54, 1.807) is 0 Å². The second-order valence-electron chi connectivity index (χ2n) is 11.6. The topological polar surface area (TPSA) is 77.1 Å². The highest BCUT2D eigenvalue weighted by atomic mass is 16.5. The Bertz CT molecular complexity index is 1370. The number of aromatic nitrogens is 2. The number of methoxy groups -OCH3 is 1. The highest BCUT2D eigenvalue weighted by Gasteiger charge is 2.45. The minimum absolute atomic E-state index is 0.0819. The molecule has 0 bridgehead atoms. The molecule has 1 amide bonds. The molecule has 3 aromatic rings. The minimum atomic E-state index is -0.220. The van der Waals surface area contributed by atoms with Crippen LogP contribution in [0.3, 0.4) is 0 Å². The fourth-order valence-corrected chi connectivity index (χ4v) is 6.42. The first-order valence-electron chi connectivity index (χ1n) is 14.2. The van der Waals surface area contributed by atoms with Crippen molar-refractivity contribution in [1.29, 1.82) is 5.26 Å². The largest absolute Gasteiger partial charge is 0.373 e. The normalized spacial score (nSPS) is 23.3. The number of carbonyl (C=O) groups is 1. The van der Waals surface area contributed by atoms with Crippen LogP contribution < -0.4 is 4.90 Å². The lowest BCUT2D eigenvalue weighted by molar-refractivity contribution is -0.133. The van der Waals surface area contributed by atoms with Crippen LogP contribution in [0.4, 0.5) is 5.69 Å². The molecule has 0 spiro atoms. The lowest BCUT2D eigenvalue weighted by atomic mass is 9.83. The molecule has 1 unspecified atom stereocenters. The molecule has 1 aliphatic carbocycles. The maximum absolute atomic E-state index is 12.7. The monoisotopic (exact) mass is 526 g/mol. The van der Waals surface area contributed by atoms with E-state index in [0.717, 1.165) is 67.8 Å². The SMILES string of the molecule is COC1(c2ccc(-c3cc4c(N5CCN(C(=O)C6C[C@@H]6C#N)CC5)ccnn4c3)cc2)CCN(C(C)C)CC1. The van der Waals surface area contributed by atoms with E-state index in [4.69, 9.17) is 10.00 Å². The summed E-state index contributed by atoms with van der Waals surface area (Å²) < 4.78 is 8.09. The zero-order chi connectivity index (χ0) is 27.1. The van der Waals surface area contributed by atoms with Gasteiger partial charge in [-0.1, -0.05) is 24.3 Å². The Morgan fingerprint density at radius 1 is 1.05 bits per heavy atom. The Balaban J connectivity index is 1.17. The van der Waals surface area contributed by atoms with Gasteiger partial charge in [0.05, 0.1) is 34.7 Å². The summed E-state index contributed by atoms with van der Waals surface area (Å²) >= 11 is 0. The van der Waals surface area contributed by atoms with Crippen molar-refractivity contribution >= 4 is 17.1 Å². The van der Waals surface area contributed by atoms with Crippen LogP contribution in [-0.4, -0.2) is 77.7 Å². The van der Waals surface area contributed by atoms with Crippen molar-refractivity contribution in [3.05, 3.63) is 54.4 Å². The number of carbonyl (C=O) groups excluding carboxylic acids is 1. The van der Waals surface area contributed by atoms with Gasteiger partial charge in [0.15, 0.2) is 0 Å². The van der Waals surface area contributed by atoms with Crippen molar-refractivity contribution in [2.45, 2.75) is 44.8 Å². The molecule has 39 heavy (non-hydrogen) atoms. The maximum atomic E-state index is 12.7. The summed E-state index contributed by atoms with van der Waals surface area (Å²) in [4.78, 5) is 19.5. The van der Waals surface area contributed by atoms with E-state index in [-0.39, 0.29) is 23.3 Å². The number of piperazine rings is 1. The molecule has 1 aromatic carbocycles. The summed E-state index contributed by atoms with van der Waals surface area (Å²) in [6.45, 7) is 9.55. The van der Waals surface area contributed by atoms with Gasteiger partial charge in [0, 0.05) is 70.4 Å². The Morgan fingerprint density at radius 3 is 2.38 bits per heavy atom. The van der Waals surface area contributed by atoms with Crippen molar-refractivity contribution in [3.8, 4) is 17.2 Å². The summed E-state index contributed by atoms with van der Waals surface area (Å²) in [6.07, 6.45) is 6.67. The lowest BCUT2D eigenvalue weighted by Gasteiger charge is -2.42. The molecule has 4 heterocycles. The summed E-state index contributed by atoms with van der Waals surface area (Å²) in [5.74, 6) is -0.0166. The molecule has 0 radical (unpaired) electrons. The van der Waals surface area contributed by atoms with Crippen molar-refractivity contribution < 1.29 is 9.53 Å². The number of hydrogen-bond donors (Lipinski definition) is 0. The summed E-state index contributed by atoms with van der Waals surface area (Å²) in [7, 11) is 1.84. The molecule has 6 rings (SSSR count). The third-order valence-electron chi connectivity index (χ3n) is 9.16. The number of ether oxygens (including phenoxy) is 1. The Kier molecular flexibility index (Phi) is 6.82. The first-order chi connectivity index (χ1) is 18.9. The Morgan fingerprint density at radius 2 is 1.77 bits per heavy atom. The number of nitrogens with zero attached hydrogens (tertiary/aromatic N) is 6. The van der Waals surface area contributed by atoms with Gasteiger partial charge in [-0.15, -0.1) is 0 Å². The van der Waals surface area contributed by atoms with Gasteiger partial charge in [-0.2, -0.15) is 10.4 Å². The van der Waals surface area contributed by atoms with Gasteiger partial charge in [0.25, 0.3) is 0 Å². The van der Waals surface area contributed by atoms with E-state index in [1.807, 2.05) is 22.7 Å². The number of nitriles is 1. The number of benzene rings is 1. The molecular formula is C31H38N6O2. The van der Waals surface area contributed by atoms with Gasteiger partial charge in [-0.25, -0.2) is 4.52 Å². The quantitative estimate of drug-likeness (QED) is 0.480. The molecule has 1 saturated carbocycles. The van der Waals surface area contributed by atoms with Gasteiger partial charge in [-0.05, 0) is 56.4 Å². The van der Waals surface area contributed by atoms with Crippen LogP contribution in [0, 0.1) is 23.2 Å². The predicted octanol–water partition coefficient (Wildman–Crippen LogP) is 4.16. The molecule has 2 atom stereocenters. The molecule has 3 aliphatic rings. The van der Waals surface area contributed by atoms with Crippen molar-refractivity contribution in [2.24, 2.45) is 11.8 Å². The molecule has 3 fully saturated rings. The smallest absolute Gasteiger partial charge is 0.227 e. The average Bonchev–Trinajstić information content (AvgIpc) is 3.65. The first-order valence-corrected chi connectivity index (χ1v) is 14.2. The number of amides is 1. The molecule has 2 aliphatic heterocycles. The van der Waals surface area contributed by atoms with E-state index >= 15 is 0 Å². The maximum Gasteiger partial charge on any atom is 0.227 e. The minimum Gasteiger partial charge on any atom is -0.373 e. The van der Waals surface area contributed by atoms with Crippen molar-refractivity contribution in [3.63, 3.8) is 0 Å². The Hall–Kier alpha value is -3.41. The summed E-state index contributed by atoms with van der Waals surface area (Å²) in [6, 6.07) is 15.9.